The summed E-state index contributed by atoms with van der Waals surface area (Å²) in [5, 5.41) is 7.95. The van der Waals surface area contributed by atoms with Gasteiger partial charge in [0.1, 0.15) is 11.2 Å². The summed E-state index contributed by atoms with van der Waals surface area (Å²) in [6.07, 6.45) is 0. The van der Waals surface area contributed by atoms with E-state index >= 15 is 0 Å². The van der Waals surface area contributed by atoms with Crippen molar-refractivity contribution in [1.82, 2.24) is 0 Å². The molecule has 58 heavy (non-hydrogen) atoms. The van der Waals surface area contributed by atoms with E-state index in [1.807, 2.05) is 0 Å². The van der Waals surface area contributed by atoms with Gasteiger partial charge in [-0.2, -0.15) is 0 Å². The summed E-state index contributed by atoms with van der Waals surface area (Å²) in [6.45, 7) is 0. The summed E-state index contributed by atoms with van der Waals surface area (Å²) in [5.74, 6) is 0.172. The molecule has 1 heterocycles. The molecule has 0 aliphatic heterocycles. The molecule has 0 saturated heterocycles. The van der Waals surface area contributed by atoms with Crippen LogP contribution >= 0.6 is 0 Å². The second kappa shape index (κ2) is 13.0. The quantitative estimate of drug-likeness (QED) is 0.122. The van der Waals surface area contributed by atoms with Gasteiger partial charge >= 0.3 is 0 Å². The van der Waals surface area contributed by atoms with Crippen molar-refractivity contribution in [1.29, 1.82) is 0 Å². The number of rotatable bonds is 6. The Hall–Kier alpha value is -7.00. The smallest absolute Gasteiger partial charge is 0.179 e. The van der Waals surface area contributed by atoms with E-state index in [2.05, 4.69) is 218 Å². The average Bonchev–Trinajstić information content (AvgIpc) is 3.68. The van der Waals surface area contributed by atoms with Crippen LogP contribution in [0, 0.1) is 0 Å². The lowest BCUT2D eigenvalue weighted by Gasteiger charge is -2.47. The highest BCUT2D eigenvalue weighted by Gasteiger charge is 2.49. The topological polar surface area (TPSA) is 13.1 Å². The predicted molar refractivity (Wildman–Crippen MR) is 243 cm³/mol. The highest BCUT2D eigenvalue weighted by molar-refractivity contribution is 7.20. The third-order valence-corrected chi connectivity index (χ3v) is 17.8. The maximum Gasteiger partial charge on any atom is 0.179 e. The fourth-order valence-corrected chi connectivity index (χ4v) is 15.8. The van der Waals surface area contributed by atoms with Gasteiger partial charge in [0, 0.05) is 22.6 Å². The van der Waals surface area contributed by atoms with Crippen molar-refractivity contribution < 1.29 is 4.42 Å². The minimum Gasteiger partial charge on any atom is -0.456 e. The first-order chi connectivity index (χ1) is 28.8. The van der Waals surface area contributed by atoms with Gasteiger partial charge in [0.05, 0.1) is 0 Å². The van der Waals surface area contributed by atoms with E-state index in [0.717, 1.165) is 21.9 Å². The van der Waals surface area contributed by atoms with Crippen LogP contribution in [0.5, 0.6) is 0 Å². The number of hydrogen-bond donors (Lipinski definition) is 0. The summed E-state index contributed by atoms with van der Waals surface area (Å²) in [5.41, 5.74) is 15.5. The molecule has 0 saturated carbocycles. The predicted octanol–water partition coefficient (Wildman–Crippen LogP) is 11.3. The molecule has 2 unspecified atom stereocenters. The Labute approximate surface area is 339 Å². The van der Waals surface area contributed by atoms with Gasteiger partial charge < -0.3 is 4.42 Å². The zero-order valence-electron chi connectivity index (χ0n) is 31.8. The SMILES string of the molecule is c1ccc(-c2cccc([Si](c3ccccc3)(c3ccccc3)c3cccc4c3C3c5ccccc5C4c4cccc(-c5ccc6oc7ccccc7c6c5)c43)c2)cc1. The maximum atomic E-state index is 6.32. The molecular formula is C56H38OSi. The lowest BCUT2D eigenvalue weighted by Crippen LogP contribution is -2.75. The lowest BCUT2D eigenvalue weighted by atomic mass is 9.60. The van der Waals surface area contributed by atoms with Crippen LogP contribution in [0.15, 0.2) is 223 Å². The van der Waals surface area contributed by atoms with Crippen LogP contribution in [0.4, 0.5) is 0 Å². The summed E-state index contributed by atoms with van der Waals surface area (Å²) >= 11 is 0. The van der Waals surface area contributed by atoms with Crippen LogP contribution in [-0.4, -0.2) is 8.07 Å². The molecule has 10 aromatic rings. The van der Waals surface area contributed by atoms with Crippen LogP contribution in [-0.2, 0) is 0 Å². The van der Waals surface area contributed by atoms with E-state index in [0.29, 0.717) is 0 Å². The second-order valence-corrected chi connectivity index (χ2v) is 19.6. The van der Waals surface area contributed by atoms with E-state index in [4.69, 9.17) is 4.42 Å². The van der Waals surface area contributed by atoms with Gasteiger partial charge in [0.2, 0.25) is 0 Å². The Morgan fingerprint density at radius 2 is 0.879 bits per heavy atom. The van der Waals surface area contributed by atoms with Crippen molar-refractivity contribution in [2.24, 2.45) is 0 Å². The Bertz CT molecular complexity index is 3140. The van der Waals surface area contributed by atoms with Crippen molar-refractivity contribution in [3.05, 3.63) is 252 Å². The largest absolute Gasteiger partial charge is 0.456 e. The standard InChI is InChI=1S/C56H38OSi/c1-4-17-37(18-5-1)38-19-14-24-42(35-38)58(40-20-6-2-7-21-40,41-22-8-3-9-23-41)52-32-16-30-48-53-45-26-10-11-27-46(45)56(55(48)52)54-43(28-15-29-47(53)54)39-33-34-51-49(36-39)44-25-12-13-31-50(44)57-51/h1-36,53,56H. The molecule has 0 amide bonds. The molecule has 13 rings (SSSR count). The van der Waals surface area contributed by atoms with E-state index in [1.165, 1.54) is 76.4 Å². The first-order valence-electron chi connectivity index (χ1n) is 20.3. The molecule has 9 aromatic carbocycles. The van der Waals surface area contributed by atoms with E-state index in [9.17, 15) is 0 Å². The van der Waals surface area contributed by atoms with E-state index < -0.39 is 8.07 Å². The van der Waals surface area contributed by atoms with Gasteiger partial charge in [0.15, 0.2) is 8.07 Å². The summed E-state index contributed by atoms with van der Waals surface area (Å²) < 4.78 is 6.32. The van der Waals surface area contributed by atoms with Crippen molar-refractivity contribution in [3.8, 4) is 22.3 Å². The molecule has 0 N–H and O–H groups in total. The molecular weight excluding hydrogens is 717 g/mol. The fraction of sp³-hybridized carbons (Fsp3) is 0.0357. The summed E-state index contributed by atoms with van der Waals surface area (Å²) in [7, 11) is -2.99. The van der Waals surface area contributed by atoms with Gasteiger partial charge in [-0.3, -0.25) is 0 Å². The maximum absolute atomic E-state index is 6.32. The molecule has 0 radical (unpaired) electrons. The van der Waals surface area contributed by atoms with Crippen LogP contribution in [0.1, 0.15) is 45.2 Å². The summed E-state index contributed by atoms with van der Waals surface area (Å²) in [6, 6.07) is 82.0. The highest BCUT2D eigenvalue weighted by atomic mass is 28.3. The van der Waals surface area contributed by atoms with Gasteiger partial charge in [-0.1, -0.05) is 200 Å². The second-order valence-electron chi connectivity index (χ2n) is 15.8. The van der Waals surface area contributed by atoms with Crippen molar-refractivity contribution in [2.45, 2.75) is 11.8 Å². The van der Waals surface area contributed by atoms with Gasteiger partial charge in [-0.05, 0) is 94.6 Å². The van der Waals surface area contributed by atoms with Crippen LogP contribution in [0.3, 0.4) is 0 Å². The monoisotopic (exact) mass is 754 g/mol. The number of fused-ring (bicyclic) bond motifs is 3. The first kappa shape index (κ1) is 33.2. The van der Waals surface area contributed by atoms with E-state index in [-0.39, 0.29) is 11.8 Å². The van der Waals surface area contributed by atoms with Gasteiger partial charge in [-0.25, -0.2) is 0 Å². The average molecular weight is 755 g/mol. The lowest BCUT2D eigenvalue weighted by molar-refractivity contribution is 0.669. The molecule has 0 spiro atoms. The minimum atomic E-state index is -2.99. The number of benzene rings is 9. The van der Waals surface area contributed by atoms with E-state index in [1.54, 1.807) is 0 Å². The fourth-order valence-electron chi connectivity index (χ4n) is 10.7. The summed E-state index contributed by atoms with van der Waals surface area (Å²) in [4.78, 5) is 0. The third-order valence-electron chi connectivity index (χ3n) is 13.0. The number of furan rings is 1. The third kappa shape index (κ3) is 4.76. The zero-order chi connectivity index (χ0) is 38.2. The molecule has 3 aliphatic carbocycles. The van der Waals surface area contributed by atoms with Crippen molar-refractivity contribution in [3.63, 3.8) is 0 Å². The molecule has 0 fully saturated rings. The molecule has 3 aliphatic rings. The molecule has 2 bridgehead atoms. The van der Waals surface area contributed by atoms with Crippen LogP contribution in [0.2, 0.25) is 0 Å². The Balaban J connectivity index is 1.17. The highest BCUT2D eigenvalue weighted by Crippen LogP contribution is 2.57. The number of para-hydroxylation sites is 1. The van der Waals surface area contributed by atoms with Crippen molar-refractivity contribution in [2.75, 3.05) is 0 Å². The van der Waals surface area contributed by atoms with Crippen LogP contribution in [0.25, 0.3) is 44.2 Å². The minimum absolute atomic E-state index is 0.0481. The first-order valence-corrected chi connectivity index (χ1v) is 22.3. The Kier molecular flexibility index (Phi) is 7.45. The van der Waals surface area contributed by atoms with Crippen molar-refractivity contribution >= 4 is 50.8 Å². The molecule has 2 heteroatoms. The van der Waals surface area contributed by atoms with Crippen LogP contribution < -0.4 is 20.7 Å². The Morgan fingerprint density at radius 1 is 0.328 bits per heavy atom. The molecule has 1 nitrogen and oxygen atoms in total. The molecule has 272 valence electrons. The van der Waals surface area contributed by atoms with Gasteiger partial charge in [-0.15, -0.1) is 0 Å². The molecule has 1 aromatic heterocycles. The zero-order valence-corrected chi connectivity index (χ0v) is 32.8. The molecule has 2 atom stereocenters. The Morgan fingerprint density at radius 3 is 1.64 bits per heavy atom. The normalized spacial score (nSPS) is 15.2. The number of hydrogen-bond acceptors (Lipinski definition) is 1. The van der Waals surface area contributed by atoms with Gasteiger partial charge in [0.25, 0.3) is 0 Å².